The molecule has 4 aromatic rings. The fourth-order valence-electron chi connectivity index (χ4n) is 3.99. The Hall–Kier alpha value is -3.45. The molecule has 154 valence electrons. The van der Waals surface area contributed by atoms with Crippen LogP contribution in [0.5, 0.6) is 0 Å². The van der Waals surface area contributed by atoms with Gasteiger partial charge in [0.15, 0.2) is 5.78 Å². The molecule has 0 saturated heterocycles. The van der Waals surface area contributed by atoms with Crippen molar-refractivity contribution in [3.8, 4) is 22.3 Å². The monoisotopic (exact) mass is 404 g/mol. The van der Waals surface area contributed by atoms with E-state index in [1.54, 1.807) is 0 Å². The van der Waals surface area contributed by atoms with E-state index < -0.39 is 0 Å². The van der Waals surface area contributed by atoms with Gasteiger partial charge in [-0.1, -0.05) is 99.1 Å². The highest BCUT2D eigenvalue weighted by atomic mass is 16.1. The molecule has 0 aromatic heterocycles. The van der Waals surface area contributed by atoms with Gasteiger partial charge in [-0.05, 0) is 69.6 Å². The summed E-state index contributed by atoms with van der Waals surface area (Å²) in [6, 6.07) is 29.9. The van der Waals surface area contributed by atoms with Gasteiger partial charge in [-0.15, -0.1) is 0 Å². The number of carbonyl (C=O) groups excluding carboxylic acids is 1. The molecule has 0 bridgehead atoms. The van der Waals surface area contributed by atoms with E-state index in [0.717, 1.165) is 17.2 Å². The van der Waals surface area contributed by atoms with Crippen LogP contribution in [0.15, 0.2) is 97.6 Å². The third-order valence-electron chi connectivity index (χ3n) is 5.88. The van der Waals surface area contributed by atoms with Crippen LogP contribution >= 0.6 is 0 Å². The molecule has 0 heterocycles. The van der Waals surface area contributed by atoms with Gasteiger partial charge < -0.3 is 0 Å². The summed E-state index contributed by atoms with van der Waals surface area (Å²) >= 11 is 0. The number of benzene rings is 4. The second-order valence-electron chi connectivity index (χ2n) is 8.08. The van der Waals surface area contributed by atoms with Crippen LogP contribution in [0.3, 0.4) is 0 Å². The number of carbonyl (C=O) groups is 1. The van der Waals surface area contributed by atoms with E-state index in [1.165, 1.54) is 53.2 Å². The smallest absolute Gasteiger partial charge is 0.185 e. The van der Waals surface area contributed by atoms with Crippen molar-refractivity contribution in [1.82, 2.24) is 0 Å². The molecule has 1 nitrogen and oxygen atoms in total. The number of hydrogen-bond acceptors (Lipinski definition) is 1. The molecule has 0 aliphatic rings. The maximum Gasteiger partial charge on any atom is 0.185 e. The van der Waals surface area contributed by atoms with Gasteiger partial charge in [0.05, 0.1) is 0 Å². The number of allylic oxidation sites excluding steroid dienone is 1. The molecule has 0 unspecified atom stereocenters. The first-order chi connectivity index (χ1) is 15.2. The van der Waals surface area contributed by atoms with Gasteiger partial charge in [0.2, 0.25) is 0 Å². The van der Waals surface area contributed by atoms with Crippen LogP contribution in [0, 0.1) is 0 Å². The molecule has 4 rings (SSSR count). The third kappa shape index (κ3) is 4.83. The maximum absolute atomic E-state index is 11.9. The highest BCUT2D eigenvalue weighted by Gasteiger charge is 2.05. The predicted octanol–water partition coefficient (Wildman–Crippen LogP) is 8.28. The Kier molecular flexibility index (Phi) is 6.43. The fourth-order valence-corrected chi connectivity index (χ4v) is 3.99. The van der Waals surface area contributed by atoms with E-state index in [2.05, 4.69) is 80.2 Å². The minimum absolute atomic E-state index is 0.0458. The number of rotatable bonds is 8. The van der Waals surface area contributed by atoms with E-state index in [-0.39, 0.29) is 5.78 Å². The lowest BCUT2D eigenvalue weighted by Gasteiger charge is -2.08. The largest absolute Gasteiger partial charge is 0.289 e. The van der Waals surface area contributed by atoms with Gasteiger partial charge in [0.1, 0.15) is 0 Å². The molecular formula is C30H28O. The van der Waals surface area contributed by atoms with Crippen molar-refractivity contribution < 1.29 is 4.79 Å². The summed E-state index contributed by atoms with van der Waals surface area (Å²) in [4.78, 5) is 11.9. The summed E-state index contributed by atoms with van der Waals surface area (Å²) in [5.41, 5.74) is 6.95. The van der Waals surface area contributed by atoms with Crippen LogP contribution in [-0.2, 0) is 6.42 Å². The van der Waals surface area contributed by atoms with Crippen LogP contribution < -0.4 is 0 Å². The minimum Gasteiger partial charge on any atom is -0.289 e. The van der Waals surface area contributed by atoms with E-state index in [4.69, 9.17) is 0 Å². The lowest BCUT2D eigenvalue weighted by atomic mass is 9.96. The highest BCUT2D eigenvalue weighted by molar-refractivity contribution is 6.06. The first-order valence-corrected chi connectivity index (χ1v) is 11.1. The Morgan fingerprint density at radius 3 is 1.90 bits per heavy atom. The van der Waals surface area contributed by atoms with Crippen LogP contribution in [0.1, 0.15) is 42.1 Å². The van der Waals surface area contributed by atoms with Crippen LogP contribution in [-0.4, -0.2) is 5.78 Å². The summed E-state index contributed by atoms with van der Waals surface area (Å²) in [5.74, 6) is -0.0458. The Bertz CT molecular complexity index is 1200. The fraction of sp³-hybridized carbons (Fsp3) is 0.167. The first-order valence-electron chi connectivity index (χ1n) is 11.1. The van der Waals surface area contributed by atoms with E-state index in [9.17, 15) is 4.79 Å². The number of fused-ring (bicyclic) bond motifs is 1. The average molecular weight is 405 g/mol. The summed E-state index contributed by atoms with van der Waals surface area (Å²) in [7, 11) is 0. The zero-order valence-corrected chi connectivity index (χ0v) is 18.1. The molecule has 0 aliphatic heterocycles. The highest BCUT2D eigenvalue weighted by Crippen LogP contribution is 2.28. The SMILES string of the molecule is C=CC(=O)c1ccc2cc(-c3ccc(-c4ccc(CCCCC)cc4)cc3)ccc2c1. The van der Waals surface area contributed by atoms with Crippen molar-refractivity contribution in [2.75, 3.05) is 0 Å². The number of hydrogen-bond donors (Lipinski definition) is 0. The standard InChI is InChI=1S/C30H28O/c1-3-5-6-7-22-8-10-23(11-9-22)24-12-14-25(15-13-24)26-16-17-28-21-29(30(31)4-2)19-18-27(28)20-26/h4,8-21H,2-3,5-7H2,1H3. The van der Waals surface area contributed by atoms with E-state index in [0.29, 0.717) is 5.56 Å². The van der Waals surface area contributed by atoms with Crippen LogP contribution in [0.4, 0.5) is 0 Å². The summed E-state index contributed by atoms with van der Waals surface area (Å²) in [6.07, 6.45) is 6.35. The quantitative estimate of drug-likeness (QED) is 0.164. The summed E-state index contributed by atoms with van der Waals surface area (Å²) < 4.78 is 0. The van der Waals surface area contributed by atoms with Gasteiger partial charge >= 0.3 is 0 Å². The van der Waals surface area contributed by atoms with Gasteiger partial charge in [0.25, 0.3) is 0 Å². The van der Waals surface area contributed by atoms with Crippen molar-refractivity contribution in [1.29, 1.82) is 0 Å². The maximum atomic E-state index is 11.9. The lowest BCUT2D eigenvalue weighted by molar-refractivity contribution is 0.104. The molecule has 0 radical (unpaired) electrons. The third-order valence-corrected chi connectivity index (χ3v) is 5.88. The Labute approximate surface area is 185 Å². The van der Waals surface area contributed by atoms with E-state index >= 15 is 0 Å². The Morgan fingerprint density at radius 1 is 0.710 bits per heavy atom. The summed E-state index contributed by atoms with van der Waals surface area (Å²) in [6.45, 7) is 5.81. The molecule has 0 amide bonds. The molecule has 0 fully saturated rings. The van der Waals surface area contributed by atoms with Gasteiger partial charge in [-0.25, -0.2) is 0 Å². The molecule has 0 spiro atoms. The molecule has 0 saturated carbocycles. The van der Waals surface area contributed by atoms with Crippen molar-refractivity contribution in [2.45, 2.75) is 32.6 Å². The molecular weight excluding hydrogens is 376 g/mol. The van der Waals surface area contributed by atoms with Gasteiger partial charge in [-0.2, -0.15) is 0 Å². The minimum atomic E-state index is -0.0458. The second kappa shape index (κ2) is 9.57. The Morgan fingerprint density at radius 2 is 1.26 bits per heavy atom. The first kappa shape index (κ1) is 20.8. The van der Waals surface area contributed by atoms with Gasteiger partial charge in [0, 0.05) is 5.56 Å². The second-order valence-corrected chi connectivity index (χ2v) is 8.08. The normalized spacial score (nSPS) is 10.9. The molecule has 0 N–H and O–H groups in total. The number of ketones is 1. The van der Waals surface area contributed by atoms with Gasteiger partial charge in [-0.3, -0.25) is 4.79 Å². The van der Waals surface area contributed by atoms with E-state index in [1.807, 2.05) is 18.2 Å². The van der Waals surface area contributed by atoms with Crippen molar-refractivity contribution >= 4 is 16.6 Å². The number of unbranched alkanes of at least 4 members (excludes halogenated alkanes) is 2. The van der Waals surface area contributed by atoms with Crippen LogP contribution in [0.2, 0.25) is 0 Å². The summed E-state index contributed by atoms with van der Waals surface area (Å²) in [5, 5.41) is 2.19. The topological polar surface area (TPSA) is 17.1 Å². The Balaban J connectivity index is 1.53. The molecule has 1 heteroatoms. The molecule has 0 aliphatic carbocycles. The number of aryl methyl sites for hydroxylation is 1. The van der Waals surface area contributed by atoms with Crippen molar-refractivity contribution in [2.24, 2.45) is 0 Å². The van der Waals surface area contributed by atoms with Crippen molar-refractivity contribution in [3.05, 3.63) is 109 Å². The molecule has 4 aromatic carbocycles. The zero-order chi connectivity index (χ0) is 21.6. The molecule has 0 atom stereocenters. The zero-order valence-electron chi connectivity index (χ0n) is 18.1. The van der Waals surface area contributed by atoms with Crippen molar-refractivity contribution in [3.63, 3.8) is 0 Å². The lowest BCUT2D eigenvalue weighted by Crippen LogP contribution is -1.92. The average Bonchev–Trinajstić information content (AvgIpc) is 2.83. The van der Waals surface area contributed by atoms with Crippen LogP contribution in [0.25, 0.3) is 33.0 Å². The predicted molar refractivity (Wildman–Crippen MR) is 133 cm³/mol. The molecule has 31 heavy (non-hydrogen) atoms.